The van der Waals surface area contributed by atoms with Gasteiger partial charge in [-0.2, -0.15) is 0 Å². The van der Waals surface area contributed by atoms with Crippen LogP contribution in [0.3, 0.4) is 0 Å². The third-order valence-electron chi connectivity index (χ3n) is 2.77. The lowest BCUT2D eigenvalue weighted by Gasteiger charge is -2.12. The van der Waals surface area contributed by atoms with Crippen LogP contribution < -0.4 is 10.1 Å². The molecule has 3 nitrogen and oxygen atoms in total. The van der Waals surface area contributed by atoms with E-state index in [9.17, 15) is 4.79 Å². The molecule has 3 heteroatoms. The highest BCUT2D eigenvalue weighted by molar-refractivity contribution is 6.08. The number of hydrogen-bond acceptors (Lipinski definition) is 2. The van der Waals surface area contributed by atoms with E-state index in [1.807, 2.05) is 44.2 Å². The van der Waals surface area contributed by atoms with Gasteiger partial charge in [-0.15, -0.1) is 0 Å². The van der Waals surface area contributed by atoms with E-state index < -0.39 is 0 Å². The Morgan fingerprint density at radius 1 is 1.11 bits per heavy atom. The molecule has 0 unspecified atom stereocenters. The summed E-state index contributed by atoms with van der Waals surface area (Å²) < 4.78 is 5.31. The molecule has 2 rings (SSSR count). The Balaban J connectivity index is 2.56. The van der Waals surface area contributed by atoms with Gasteiger partial charge in [0, 0.05) is 17.0 Å². The SMILES string of the molecule is COc1ccc(C(=O)NC(C)C)c2ccccc12. The van der Waals surface area contributed by atoms with Gasteiger partial charge in [0.15, 0.2) is 0 Å². The van der Waals surface area contributed by atoms with Gasteiger partial charge in [-0.25, -0.2) is 0 Å². The summed E-state index contributed by atoms with van der Waals surface area (Å²) in [5, 5.41) is 4.78. The molecular weight excluding hydrogens is 226 g/mol. The van der Waals surface area contributed by atoms with E-state index in [2.05, 4.69) is 5.32 Å². The molecule has 0 atom stereocenters. The molecule has 0 heterocycles. The minimum Gasteiger partial charge on any atom is -0.496 e. The van der Waals surface area contributed by atoms with E-state index in [1.165, 1.54) is 0 Å². The Bertz CT molecular complexity index is 576. The van der Waals surface area contributed by atoms with Crippen LogP contribution in [-0.2, 0) is 0 Å². The maximum Gasteiger partial charge on any atom is 0.252 e. The quantitative estimate of drug-likeness (QED) is 0.900. The van der Waals surface area contributed by atoms with Crippen LogP contribution >= 0.6 is 0 Å². The normalized spacial score (nSPS) is 10.7. The van der Waals surface area contributed by atoms with Crippen molar-refractivity contribution in [1.82, 2.24) is 5.32 Å². The smallest absolute Gasteiger partial charge is 0.252 e. The third-order valence-corrected chi connectivity index (χ3v) is 2.77. The first-order valence-electron chi connectivity index (χ1n) is 6.00. The van der Waals surface area contributed by atoms with Crippen LogP contribution in [0.15, 0.2) is 36.4 Å². The summed E-state index contributed by atoms with van der Waals surface area (Å²) in [5.74, 6) is 0.732. The van der Waals surface area contributed by atoms with Crippen molar-refractivity contribution in [2.45, 2.75) is 19.9 Å². The molecule has 0 aliphatic heterocycles. The van der Waals surface area contributed by atoms with Gasteiger partial charge in [-0.1, -0.05) is 24.3 Å². The molecule has 0 fully saturated rings. The first kappa shape index (κ1) is 12.4. The Hall–Kier alpha value is -2.03. The number of methoxy groups -OCH3 is 1. The monoisotopic (exact) mass is 243 g/mol. The van der Waals surface area contributed by atoms with E-state index in [-0.39, 0.29) is 11.9 Å². The highest BCUT2D eigenvalue weighted by Gasteiger charge is 2.12. The number of fused-ring (bicyclic) bond motifs is 1. The molecule has 0 spiro atoms. The van der Waals surface area contributed by atoms with Crippen LogP contribution in [0.2, 0.25) is 0 Å². The van der Waals surface area contributed by atoms with Gasteiger partial charge < -0.3 is 10.1 Å². The fourth-order valence-corrected chi connectivity index (χ4v) is 1.99. The fraction of sp³-hybridized carbons (Fsp3) is 0.267. The van der Waals surface area contributed by atoms with Gasteiger partial charge in [0.2, 0.25) is 0 Å². The number of carbonyl (C=O) groups excluding carboxylic acids is 1. The van der Waals surface area contributed by atoms with Crippen molar-refractivity contribution < 1.29 is 9.53 Å². The number of hydrogen-bond donors (Lipinski definition) is 1. The Morgan fingerprint density at radius 3 is 2.39 bits per heavy atom. The minimum absolute atomic E-state index is 0.0520. The number of rotatable bonds is 3. The maximum absolute atomic E-state index is 12.1. The van der Waals surface area contributed by atoms with E-state index >= 15 is 0 Å². The van der Waals surface area contributed by atoms with Gasteiger partial charge in [-0.05, 0) is 31.4 Å². The number of amides is 1. The molecule has 0 saturated heterocycles. The van der Waals surface area contributed by atoms with Crippen molar-refractivity contribution in [3.05, 3.63) is 42.0 Å². The number of carbonyl (C=O) groups is 1. The van der Waals surface area contributed by atoms with Crippen molar-refractivity contribution in [2.75, 3.05) is 7.11 Å². The number of nitrogens with one attached hydrogen (secondary N) is 1. The molecule has 2 aromatic rings. The second-order valence-corrected chi connectivity index (χ2v) is 4.49. The number of ether oxygens (including phenoxy) is 1. The van der Waals surface area contributed by atoms with Crippen LogP contribution in [0.4, 0.5) is 0 Å². The second kappa shape index (κ2) is 5.08. The highest BCUT2D eigenvalue weighted by Crippen LogP contribution is 2.28. The van der Waals surface area contributed by atoms with Crippen molar-refractivity contribution in [3.8, 4) is 5.75 Å². The van der Waals surface area contributed by atoms with Crippen LogP contribution in [-0.4, -0.2) is 19.1 Å². The predicted molar refractivity (Wildman–Crippen MR) is 73.1 cm³/mol. The highest BCUT2D eigenvalue weighted by atomic mass is 16.5. The molecular formula is C15H17NO2. The van der Waals surface area contributed by atoms with Gasteiger partial charge in [0.05, 0.1) is 7.11 Å². The predicted octanol–water partition coefficient (Wildman–Crippen LogP) is 2.99. The first-order chi connectivity index (χ1) is 8.63. The zero-order chi connectivity index (χ0) is 13.1. The van der Waals surface area contributed by atoms with Gasteiger partial charge in [-0.3, -0.25) is 4.79 Å². The van der Waals surface area contributed by atoms with Gasteiger partial charge in [0.1, 0.15) is 5.75 Å². The molecule has 0 aliphatic rings. The van der Waals surface area contributed by atoms with Crippen molar-refractivity contribution in [3.63, 3.8) is 0 Å². The van der Waals surface area contributed by atoms with Crippen molar-refractivity contribution in [2.24, 2.45) is 0 Å². The van der Waals surface area contributed by atoms with Gasteiger partial charge in [0.25, 0.3) is 5.91 Å². The standard InChI is InChI=1S/C15H17NO2/c1-10(2)16-15(17)13-8-9-14(18-3)12-7-5-4-6-11(12)13/h4-10H,1-3H3,(H,16,17). The van der Waals surface area contributed by atoms with E-state index in [0.29, 0.717) is 5.56 Å². The summed E-state index contributed by atoms with van der Waals surface area (Å²) in [6, 6.07) is 11.5. The number of benzene rings is 2. The molecule has 94 valence electrons. The lowest BCUT2D eigenvalue weighted by molar-refractivity contribution is 0.0945. The summed E-state index contributed by atoms with van der Waals surface area (Å²) in [4.78, 5) is 12.1. The molecule has 1 amide bonds. The zero-order valence-corrected chi connectivity index (χ0v) is 10.9. The summed E-state index contributed by atoms with van der Waals surface area (Å²) in [7, 11) is 1.63. The topological polar surface area (TPSA) is 38.3 Å². The molecule has 0 aliphatic carbocycles. The summed E-state index contributed by atoms with van der Waals surface area (Å²) in [6.45, 7) is 3.90. The Labute approximate surface area is 107 Å². The first-order valence-corrected chi connectivity index (χ1v) is 6.00. The maximum atomic E-state index is 12.1. The second-order valence-electron chi connectivity index (χ2n) is 4.49. The van der Waals surface area contributed by atoms with Crippen molar-refractivity contribution >= 4 is 16.7 Å². The fourth-order valence-electron chi connectivity index (χ4n) is 1.99. The van der Waals surface area contributed by atoms with Crippen LogP contribution in [0.1, 0.15) is 24.2 Å². The minimum atomic E-state index is -0.0520. The lowest BCUT2D eigenvalue weighted by atomic mass is 10.0. The molecule has 0 radical (unpaired) electrons. The molecule has 2 aromatic carbocycles. The lowest BCUT2D eigenvalue weighted by Crippen LogP contribution is -2.30. The van der Waals surface area contributed by atoms with Crippen LogP contribution in [0.5, 0.6) is 5.75 Å². The Morgan fingerprint density at radius 2 is 1.78 bits per heavy atom. The summed E-state index contributed by atoms with van der Waals surface area (Å²) >= 11 is 0. The molecule has 18 heavy (non-hydrogen) atoms. The largest absolute Gasteiger partial charge is 0.496 e. The van der Waals surface area contributed by atoms with E-state index in [1.54, 1.807) is 13.2 Å². The van der Waals surface area contributed by atoms with E-state index in [0.717, 1.165) is 16.5 Å². The molecule has 1 N–H and O–H groups in total. The summed E-state index contributed by atoms with van der Waals surface area (Å²) in [5.41, 5.74) is 0.681. The molecule has 0 bridgehead atoms. The average Bonchev–Trinajstić information content (AvgIpc) is 2.36. The van der Waals surface area contributed by atoms with Gasteiger partial charge >= 0.3 is 0 Å². The van der Waals surface area contributed by atoms with E-state index in [4.69, 9.17) is 4.74 Å². The molecule has 0 saturated carbocycles. The third kappa shape index (κ3) is 2.30. The van der Waals surface area contributed by atoms with Crippen LogP contribution in [0.25, 0.3) is 10.8 Å². The summed E-state index contributed by atoms with van der Waals surface area (Å²) in [6.07, 6.45) is 0. The Kier molecular flexibility index (Phi) is 3.51. The molecule has 0 aromatic heterocycles. The zero-order valence-electron chi connectivity index (χ0n) is 10.9. The van der Waals surface area contributed by atoms with Crippen molar-refractivity contribution in [1.29, 1.82) is 0 Å². The van der Waals surface area contributed by atoms with Crippen LogP contribution in [0, 0.1) is 0 Å². The average molecular weight is 243 g/mol.